The van der Waals surface area contributed by atoms with Gasteiger partial charge in [0.1, 0.15) is 11.6 Å². The third kappa shape index (κ3) is 4.11. The molecule has 24 heavy (non-hydrogen) atoms. The Morgan fingerprint density at radius 1 is 0.958 bits per heavy atom. The van der Waals surface area contributed by atoms with Gasteiger partial charge in [0.25, 0.3) is 5.91 Å². The Kier molecular flexibility index (Phi) is 6.70. The predicted octanol–water partition coefficient (Wildman–Crippen LogP) is 4.94. The van der Waals surface area contributed by atoms with Crippen LogP contribution in [0.5, 0.6) is 0 Å². The van der Waals surface area contributed by atoms with Crippen LogP contribution in [0.25, 0.3) is 0 Å². The topological polar surface area (TPSA) is 20.3 Å². The molecular formula is C19H19F2NOTi. The van der Waals surface area contributed by atoms with E-state index in [1.165, 1.54) is 17.0 Å². The first kappa shape index (κ1) is 18.8. The average molecular weight is 363 g/mol. The van der Waals surface area contributed by atoms with Crippen molar-refractivity contribution in [3.63, 3.8) is 0 Å². The molecule has 124 valence electrons. The second-order valence-corrected chi connectivity index (χ2v) is 5.93. The number of hydrogen-bond donors (Lipinski definition) is 0. The number of hydrogen-bond acceptors (Lipinski definition) is 1. The molecule has 0 saturated heterocycles. The molecule has 2 nitrogen and oxygen atoms in total. The van der Waals surface area contributed by atoms with Crippen LogP contribution in [0.2, 0.25) is 0 Å². The normalized spacial score (nSPS) is 14.8. The van der Waals surface area contributed by atoms with Gasteiger partial charge < -0.3 is 4.90 Å². The maximum Gasteiger partial charge on any atom is 0.258 e. The van der Waals surface area contributed by atoms with E-state index in [0.717, 1.165) is 38.2 Å². The van der Waals surface area contributed by atoms with E-state index >= 15 is 0 Å². The zero-order valence-corrected chi connectivity index (χ0v) is 14.9. The van der Waals surface area contributed by atoms with Gasteiger partial charge in [-0.25, -0.2) is 8.78 Å². The van der Waals surface area contributed by atoms with Gasteiger partial charge in [0.15, 0.2) is 0 Å². The van der Waals surface area contributed by atoms with E-state index in [1.54, 1.807) is 24.3 Å². The van der Waals surface area contributed by atoms with Gasteiger partial charge in [0.05, 0.1) is 5.69 Å². The third-order valence-corrected chi connectivity index (χ3v) is 4.35. The summed E-state index contributed by atoms with van der Waals surface area (Å²) in [5, 5.41) is 0. The molecule has 1 amide bonds. The summed E-state index contributed by atoms with van der Waals surface area (Å²) in [6.45, 7) is 0. The van der Waals surface area contributed by atoms with E-state index in [0.29, 0.717) is 5.56 Å². The summed E-state index contributed by atoms with van der Waals surface area (Å²) in [6.07, 6.45) is 4.86. The first-order valence-electron chi connectivity index (χ1n) is 8.00. The Bertz CT molecular complexity index is 687. The number of rotatable bonds is 3. The number of benzene rings is 2. The minimum Gasteiger partial charge on any atom is -0.302 e. The summed E-state index contributed by atoms with van der Waals surface area (Å²) in [5.41, 5.74) is 0.675. The molecule has 2 aromatic rings. The molecule has 0 spiro atoms. The molecule has 1 aliphatic rings. The zero-order valence-electron chi connectivity index (χ0n) is 13.3. The van der Waals surface area contributed by atoms with Crippen LogP contribution in [0.1, 0.15) is 42.5 Å². The van der Waals surface area contributed by atoms with Crippen LogP contribution in [0, 0.1) is 11.6 Å². The Balaban J connectivity index is 0.00000208. The van der Waals surface area contributed by atoms with Crippen LogP contribution >= 0.6 is 0 Å². The van der Waals surface area contributed by atoms with E-state index in [9.17, 15) is 13.6 Å². The summed E-state index contributed by atoms with van der Waals surface area (Å²) in [6, 6.07) is 12.2. The van der Waals surface area contributed by atoms with Crippen molar-refractivity contribution in [3.8, 4) is 0 Å². The number of halogens is 2. The second-order valence-electron chi connectivity index (χ2n) is 5.93. The standard InChI is InChI=1S/C19H19F2NO.Ti/c20-15-11-12-18(17(21)13-15)22(16-9-5-2-6-10-16)19(23)14-7-3-1-4-8-14;/h1,3-4,7-8,11-13,16H,2,5-6,9-10H2;. The van der Waals surface area contributed by atoms with Gasteiger partial charge >= 0.3 is 0 Å². The second kappa shape index (κ2) is 8.54. The van der Waals surface area contributed by atoms with Crippen LogP contribution in [0.4, 0.5) is 14.5 Å². The van der Waals surface area contributed by atoms with Crippen molar-refractivity contribution >= 4 is 11.6 Å². The summed E-state index contributed by atoms with van der Waals surface area (Å²) in [5.74, 6) is -1.56. The molecule has 5 heteroatoms. The number of carbonyl (C=O) groups excluding carboxylic acids is 1. The molecule has 0 N–H and O–H groups in total. The molecule has 3 rings (SSSR count). The Morgan fingerprint density at radius 3 is 2.25 bits per heavy atom. The zero-order chi connectivity index (χ0) is 16.2. The first-order chi connectivity index (χ1) is 11.2. The van der Waals surface area contributed by atoms with Gasteiger partial charge in [0.2, 0.25) is 0 Å². The fraction of sp³-hybridized carbons (Fsp3) is 0.316. The van der Waals surface area contributed by atoms with Crippen molar-refractivity contribution in [2.24, 2.45) is 0 Å². The fourth-order valence-electron chi connectivity index (χ4n) is 3.21. The van der Waals surface area contributed by atoms with E-state index in [1.807, 2.05) is 6.07 Å². The molecule has 1 saturated carbocycles. The molecule has 0 aromatic heterocycles. The molecule has 1 aliphatic carbocycles. The van der Waals surface area contributed by atoms with Crippen molar-refractivity contribution in [1.29, 1.82) is 0 Å². The maximum atomic E-state index is 14.3. The van der Waals surface area contributed by atoms with Gasteiger partial charge in [-0.3, -0.25) is 4.79 Å². The summed E-state index contributed by atoms with van der Waals surface area (Å²) in [4.78, 5) is 14.5. The van der Waals surface area contributed by atoms with Crippen LogP contribution < -0.4 is 4.90 Å². The van der Waals surface area contributed by atoms with Crippen molar-refractivity contribution < 1.29 is 35.3 Å². The van der Waals surface area contributed by atoms with Gasteiger partial charge in [-0.2, -0.15) is 0 Å². The minimum atomic E-state index is -0.695. The van der Waals surface area contributed by atoms with E-state index in [-0.39, 0.29) is 39.4 Å². The summed E-state index contributed by atoms with van der Waals surface area (Å²) < 4.78 is 27.5. The first-order valence-corrected chi connectivity index (χ1v) is 8.00. The van der Waals surface area contributed by atoms with Crippen molar-refractivity contribution in [2.45, 2.75) is 38.1 Å². The van der Waals surface area contributed by atoms with Crippen molar-refractivity contribution in [2.75, 3.05) is 4.90 Å². The van der Waals surface area contributed by atoms with E-state index in [4.69, 9.17) is 0 Å². The number of carbonyl (C=O) groups is 1. The Morgan fingerprint density at radius 2 is 1.62 bits per heavy atom. The maximum absolute atomic E-state index is 14.3. The third-order valence-electron chi connectivity index (χ3n) is 4.35. The number of nitrogens with zero attached hydrogens (tertiary/aromatic N) is 1. The van der Waals surface area contributed by atoms with Crippen LogP contribution in [0.15, 0.2) is 48.5 Å². The van der Waals surface area contributed by atoms with Crippen LogP contribution in [-0.4, -0.2) is 11.9 Å². The van der Waals surface area contributed by atoms with Crippen molar-refractivity contribution in [3.05, 3.63) is 65.7 Å². The molecule has 0 bridgehead atoms. The Labute approximate surface area is 155 Å². The molecule has 2 aromatic carbocycles. The van der Waals surface area contributed by atoms with Crippen molar-refractivity contribution in [1.82, 2.24) is 0 Å². The largest absolute Gasteiger partial charge is 0.302 e. The number of anilines is 1. The smallest absolute Gasteiger partial charge is 0.258 e. The predicted molar refractivity (Wildman–Crippen MR) is 86.5 cm³/mol. The SMILES string of the molecule is O=C(c1ccccc1)N(c1ccc(F)cc1F)C1CCCCC1.[Ti]. The summed E-state index contributed by atoms with van der Waals surface area (Å²) in [7, 11) is 0. The van der Waals surface area contributed by atoms with E-state index < -0.39 is 11.6 Å². The molecule has 0 aliphatic heterocycles. The number of amides is 1. The molecular weight excluding hydrogens is 344 g/mol. The monoisotopic (exact) mass is 363 g/mol. The Hall–Kier alpha value is -1.52. The summed E-state index contributed by atoms with van der Waals surface area (Å²) >= 11 is 0. The van der Waals surface area contributed by atoms with Gasteiger partial charge in [-0.1, -0.05) is 37.5 Å². The molecule has 0 atom stereocenters. The van der Waals surface area contributed by atoms with E-state index in [2.05, 4.69) is 0 Å². The van der Waals surface area contributed by atoms with Crippen LogP contribution in [0.3, 0.4) is 0 Å². The van der Waals surface area contributed by atoms with Gasteiger partial charge in [-0.15, -0.1) is 0 Å². The average Bonchev–Trinajstić information content (AvgIpc) is 2.59. The quantitative estimate of drug-likeness (QED) is 0.708. The molecule has 0 heterocycles. The van der Waals surface area contributed by atoms with Crippen LogP contribution in [-0.2, 0) is 21.7 Å². The molecule has 0 unspecified atom stereocenters. The molecule has 1 fully saturated rings. The molecule has 0 radical (unpaired) electrons. The minimum absolute atomic E-state index is 0. The fourth-order valence-corrected chi connectivity index (χ4v) is 3.21. The van der Waals surface area contributed by atoms with Gasteiger partial charge in [-0.05, 0) is 37.1 Å². The van der Waals surface area contributed by atoms with Gasteiger partial charge in [0, 0.05) is 39.4 Å².